The van der Waals surface area contributed by atoms with Crippen LogP contribution in [0.25, 0.3) is 0 Å². The fraction of sp³-hybridized carbons (Fsp3) is 0.429. The fourth-order valence-corrected chi connectivity index (χ4v) is 1.36. The van der Waals surface area contributed by atoms with Crippen LogP contribution in [0.2, 0.25) is 0 Å². The van der Waals surface area contributed by atoms with Gasteiger partial charge in [0.1, 0.15) is 0 Å². The van der Waals surface area contributed by atoms with E-state index >= 15 is 0 Å². The van der Waals surface area contributed by atoms with Gasteiger partial charge in [-0.25, -0.2) is 0 Å². The van der Waals surface area contributed by atoms with E-state index in [4.69, 9.17) is 0 Å². The Kier molecular flexibility index (Phi) is 5.36. The van der Waals surface area contributed by atoms with Crippen LogP contribution in [0.1, 0.15) is 44.0 Å². The molecule has 0 aliphatic rings. The van der Waals surface area contributed by atoms with Crippen molar-refractivity contribution in [3.05, 3.63) is 29.8 Å². The summed E-state index contributed by atoms with van der Waals surface area (Å²) in [5.74, 6) is -0.121. The Morgan fingerprint density at radius 1 is 1.17 bits per heavy atom. The molecule has 2 N–H and O–H groups in total. The van der Waals surface area contributed by atoms with Crippen molar-refractivity contribution in [2.24, 2.45) is 0 Å². The predicted octanol–water partition coefficient (Wildman–Crippen LogP) is 2.56. The van der Waals surface area contributed by atoms with E-state index in [1.54, 1.807) is 31.2 Å². The van der Waals surface area contributed by atoms with Crippen LogP contribution in [0.4, 0.5) is 5.69 Å². The monoisotopic (exact) mass is 248 g/mol. The molecule has 1 aromatic rings. The molecule has 4 nitrogen and oxygen atoms in total. The van der Waals surface area contributed by atoms with Crippen LogP contribution in [0.5, 0.6) is 0 Å². The quantitative estimate of drug-likeness (QED) is 0.841. The first kappa shape index (κ1) is 14.2. The van der Waals surface area contributed by atoms with Gasteiger partial charge >= 0.3 is 0 Å². The highest BCUT2D eigenvalue weighted by molar-refractivity contribution is 5.95. The Hall–Kier alpha value is -1.84. The number of hydrogen-bond acceptors (Lipinski definition) is 2. The molecule has 1 aromatic carbocycles. The van der Waals surface area contributed by atoms with Gasteiger partial charge in [-0.3, -0.25) is 9.59 Å². The molecule has 0 saturated heterocycles. The van der Waals surface area contributed by atoms with Gasteiger partial charge in [0.15, 0.2) is 0 Å². The Labute approximate surface area is 108 Å². The van der Waals surface area contributed by atoms with Gasteiger partial charge in [0, 0.05) is 23.7 Å². The first-order valence-corrected chi connectivity index (χ1v) is 6.27. The molecule has 4 heteroatoms. The maximum absolute atomic E-state index is 11.8. The average Bonchev–Trinajstić information content (AvgIpc) is 2.39. The van der Waals surface area contributed by atoms with Gasteiger partial charge in [0.05, 0.1) is 0 Å². The summed E-state index contributed by atoms with van der Waals surface area (Å²) in [5, 5.41) is 5.63. The number of benzene rings is 1. The Bertz CT molecular complexity index is 412. The van der Waals surface area contributed by atoms with E-state index in [1.165, 1.54) is 0 Å². The molecule has 0 radical (unpaired) electrons. The molecule has 1 rings (SSSR count). The number of hydrogen-bond donors (Lipinski definition) is 2. The zero-order valence-corrected chi connectivity index (χ0v) is 11.1. The van der Waals surface area contributed by atoms with Crippen molar-refractivity contribution in [3.8, 4) is 0 Å². The van der Waals surface area contributed by atoms with Gasteiger partial charge in [-0.15, -0.1) is 0 Å². The van der Waals surface area contributed by atoms with Crippen LogP contribution in [-0.4, -0.2) is 17.9 Å². The van der Waals surface area contributed by atoms with Crippen molar-refractivity contribution in [1.82, 2.24) is 5.32 Å². The minimum Gasteiger partial charge on any atom is -0.350 e. The van der Waals surface area contributed by atoms with Crippen LogP contribution in [0, 0.1) is 0 Å². The number of carbonyl (C=O) groups excluding carboxylic acids is 2. The molecule has 0 unspecified atom stereocenters. The molecule has 0 aromatic heterocycles. The highest BCUT2D eigenvalue weighted by atomic mass is 16.2. The number of nitrogens with one attached hydrogen (secondary N) is 2. The summed E-state index contributed by atoms with van der Waals surface area (Å²) in [4.78, 5) is 23.0. The van der Waals surface area contributed by atoms with Gasteiger partial charge in [-0.1, -0.05) is 13.8 Å². The van der Waals surface area contributed by atoms with Crippen LogP contribution in [-0.2, 0) is 4.79 Å². The second-order valence-electron chi connectivity index (χ2n) is 4.26. The molecule has 0 heterocycles. The number of carbonyl (C=O) groups is 2. The van der Waals surface area contributed by atoms with Gasteiger partial charge in [-0.05, 0) is 37.6 Å². The summed E-state index contributed by atoms with van der Waals surface area (Å²) < 4.78 is 0. The van der Waals surface area contributed by atoms with Crippen molar-refractivity contribution in [2.75, 3.05) is 5.32 Å². The highest BCUT2D eigenvalue weighted by Gasteiger charge is 2.08. The zero-order valence-electron chi connectivity index (χ0n) is 11.1. The van der Waals surface area contributed by atoms with Gasteiger partial charge in [-0.2, -0.15) is 0 Å². The summed E-state index contributed by atoms with van der Waals surface area (Å²) in [6.07, 6.45) is 1.34. The molecule has 0 spiro atoms. The Balaban J connectivity index is 2.65. The summed E-state index contributed by atoms with van der Waals surface area (Å²) in [5.41, 5.74) is 1.31. The van der Waals surface area contributed by atoms with Crippen LogP contribution in [0.15, 0.2) is 24.3 Å². The smallest absolute Gasteiger partial charge is 0.251 e. The van der Waals surface area contributed by atoms with E-state index < -0.39 is 0 Å². The molecule has 0 bridgehead atoms. The van der Waals surface area contributed by atoms with E-state index in [0.717, 1.165) is 6.42 Å². The summed E-state index contributed by atoms with van der Waals surface area (Å²) in [7, 11) is 0. The standard InChI is InChI=1S/C14H20N2O2/c1-4-10(3)15-14(18)11-6-8-12(9-7-11)16-13(17)5-2/h6-10H,4-5H2,1-3H3,(H,15,18)(H,16,17)/t10-/m1/s1. The Morgan fingerprint density at radius 3 is 2.28 bits per heavy atom. The third-order valence-electron chi connectivity index (χ3n) is 2.74. The van der Waals surface area contributed by atoms with E-state index in [2.05, 4.69) is 10.6 Å². The van der Waals surface area contributed by atoms with Crippen molar-refractivity contribution in [3.63, 3.8) is 0 Å². The minimum absolute atomic E-state index is 0.0354. The topological polar surface area (TPSA) is 58.2 Å². The van der Waals surface area contributed by atoms with E-state index in [-0.39, 0.29) is 17.9 Å². The SMILES string of the molecule is CCC(=O)Nc1ccc(C(=O)N[C@H](C)CC)cc1. The molecule has 0 saturated carbocycles. The number of rotatable bonds is 5. The molecule has 18 heavy (non-hydrogen) atoms. The first-order valence-electron chi connectivity index (χ1n) is 6.27. The highest BCUT2D eigenvalue weighted by Crippen LogP contribution is 2.10. The van der Waals surface area contributed by atoms with Crippen LogP contribution >= 0.6 is 0 Å². The number of anilines is 1. The van der Waals surface area contributed by atoms with Crippen LogP contribution in [0.3, 0.4) is 0 Å². The largest absolute Gasteiger partial charge is 0.350 e. The van der Waals surface area contributed by atoms with E-state index in [9.17, 15) is 9.59 Å². The van der Waals surface area contributed by atoms with Crippen molar-refractivity contribution in [2.45, 2.75) is 39.7 Å². The molecule has 98 valence electrons. The Morgan fingerprint density at radius 2 is 1.78 bits per heavy atom. The van der Waals surface area contributed by atoms with Crippen molar-refractivity contribution >= 4 is 17.5 Å². The fourth-order valence-electron chi connectivity index (χ4n) is 1.36. The number of amides is 2. The van der Waals surface area contributed by atoms with Gasteiger partial charge in [0.25, 0.3) is 5.91 Å². The molecular weight excluding hydrogens is 228 g/mol. The predicted molar refractivity (Wildman–Crippen MR) is 72.6 cm³/mol. The molecule has 0 aliphatic carbocycles. The normalized spacial score (nSPS) is 11.7. The molecule has 0 aliphatic heterocycles. The third-order valence-corrected chi connectivity index (χ3v) is 2.74. The van der Waals surface area contributed by atoms with E-state index in [1.807, 2.05) is 13.8 Å². The van der Waals surface area contributed by atoms with E-state index in [0.29, 0.717) is 17.7 Å². The van der Waals surface area contributed by atoms with Crippen LogP contribution < -0.4 is 10.6 Å². The maximum Gasteiger partial charge on any atom is 0.251 e. The summed E-state index contributed by atoms with van der Waals surface area (Å²) >= 11 is 0. The summed E-state index contributed by atoms with van der Waals surface area (Å²) in [6, 6.07) is 7.06. The second kappa shape index (κ2) is 6.79. The van der Waals surface area contributed by atoms with Crippen molar-refractivity contribution in [1.29, 1.82) is 0 Å². The molecule has 2 amide bonds. The van der Waals surface area contributed by atoms with Crippen molar-refractivity contribution < 1.29 is 9.59 Å². The maximum atomic E-state index is 11.8. The summed E-state index contributed by atoms with van der Waals surface area (Å²) in [6.45, 7) is 5.78. The second-order valence-corrected chi connectivity index (χ2v) is 4.26. The van der Waals surface area contributed by atoms with Gasteiger partial charge < -0.3 is 10.6 Å². The average molecular weight is 248 g/mol. The van der Waals surface area contributed by atoms with Gasteiger partial charge in [0.2, 0.25) is 5.91 Å². The lowest BCUT2D eigenvalue weighted by Crippen LogP contribution is -2.31. The lowest BCUT2D eigenvalue weighted by molar-refractivity contribution is -0.115. The lowest BCUT2D eigenvalue weighted by Gasteiger charge is -2.11. The lowest BCUT2D eigenvalue weighted by atomic mass is 10.1. The molecule has 0 fully saturated rings. The third kappa shape index (κ3) is 4.20. The first-order chi connectivity index (χ1) is 8.56. The zero-order chi connectivity index (χ0) is 13.5. The minimum atomic E-state index is -0.0854. The molecule has 1 atom stereocenters. The molecular formula is C14H20N2O2.